The third-order valence-corrected chi connectivity index (χ3v) is 5.65. The summed E-state index contributed by atoms with van der Waals surface area (Å²) in [7, 11) is 0. The zero-order valence-corrected chi connectivity index (χ0v) is 21.2. The average Bonchev–Trinajstić information content (AvgIpc) is 2.84. The first kappa shape index (κ1) is 29.1. The molecular weight excluding hydrogens is 484 g/mol. The van der Waals surface area contributed by atoms with Gasteiger partial charge in [0.2, 0.25) is 35.4 Å². The number of carbonyl (C=O) groups excluding carboxylic acids is 6. The molecule has 1 heterocycles. The summed E-state index contributed by atoms with van der Waals surface area (Å²) in [6.07, 6.45) is 0.0327. The van der Waals surface area contributed by atoms with E-state index in [1.807, 2.05) is 0 Å². The molecule has 0 aliphatic carbocycles. The van der Waals surface area contributed by atoms with Crippen molar-refractivity contribution in [2.75, 3.05) is 13.1 Å². The largest absolute Gasteiger partial charge is 0.508 e. The van der Waals surface area contributed by atoms with Crippen LogP contribution in [-0.2, 0) is 35.2 Å². The molecule has 0 aromatic heterocycles. The van der Waals surface area contributed by atoms with Gasteiger partial charge >= 0.3 is 0 Å². The lowest BCUT2D eigenvalue weighted by Gasteiger charge is -2.27. The topological polar surface area (TPSA) is 195 Å². The number of rotatable bonds is 3. The quantitative estimate of drug-likeness (QED) is 0.236. The lowest BCUT2D eigenvalue weighted by Crippen LogP contribution is -2.59. The summed E-state index contributed by atoms with van der Waals surface area (Å²) < 4.78 is 0. The minimum Gasteiger partial charge on any atom is -0.508 e. The van der Waals surface area contributed by atoms with Crippen LogP contribution in [0.15, 0.2) is 24.3 Å². The fourth-order valence-corrected chi connectivity index (χ4v) is 3.45. The van der Waals surface area contributed by atoms with E-state index < -0.39 is 72.7 Å². The lowest BCUT2D eigenvalue weighted by molar-refractivity contribution is -0.135. The molecule has 1 aromatic carbocycles. The van der Waals surface area contributed by atoms with Gasteiger partial charge < -0.3 is 37.0 Å². The SMILES string of the molecule is CC(C)[C@H]1NC(=O)[C@@H](C)NC(=O)[C@H](C)NC(=O)CNC(=O)CNC(=O)[C@H](Cc2ccc(O)cc2)NC1=O. The van der Waals surface area contributed by atoms with E-state index in [1.165, 1.54) is 26.0 Å². The fourth-order valence-electron chi connectivity index (χ4n) is 3.45. The van der Waals surface area contributed by atoms with Gasteiger partial charge in [-0.25, -0.2) is 0 Å². The van der Waals surface area contributed by atoms with E-state index in [4.69, 9.17) is 0 Å². The van der Waals surface area contributed by atoms with Gasteiger partial charge in [0.05, 0.1) is 13.1 Å². The first-order valence-corrected chi connectivity index (χ1v) is 11.9. The van der Waals surface area contributed by atoms with Gasteiger partial charge in [0.25, 0.3) is 0 Å². The van der Waals surface area contributed by atoms with Gasteiger partial charge in [-0.05, 0) is 37.5 Å². The van der Waals surface area contributed by atoms with Crippen LogP contribution in [0.1, 0.15) is 33.3 Å². The van der Waals surface area contributed by atoms with Crippen molar-refractivity contribution < 1.29 is 33.9 Å². The van der Waals surface area contributed by atoms with Crippen molar-refractivity contribution in [1.82, 2.24) is 31.9 Å². The predicted molar refractivity (Wildman–Crippen MR) is 132 cm³/mol. The Morgan fingerprint density at radius 2 is 1.30 bits per heavy atom. The number of phenolic OH excluding ortho intramolecular Hbond substituents is 1. The van der Waals surface area contributed by atoms with Crippen molar-refractivity contribution in [3.05, 3.63) is 29.8 Å². The molecule has 0 spiro atoms. The summed E-state index contributed by atoms with van der Waals surface area (Å²) >= 11 is 0. The molecule has 1 saturated heterocycles. The van der Waals surface area contributed by atoms with Crippen LogP contribution in [0.3, 0.4) is 0 Å². The molecule has 4 atom stereocenters. The molecule has 1 aromatic rings. The van der Waals surface area contributed by atoms with Gasteiger partial charge in [-0.1, -0.05) is 26.0 Å². The number of benzene rings is 1. The van der Waals surface area contributed by atoms with Crippen LogP contribution in [0, 0.1) is 5.92 Å². The van der Waals surface area contributed by atoms with Crippen molar-refractivity contribution in [1.29, 1.82) is 0 Å². The molecule has 1 fully saturated rings. The Morgan fingerprint density at radius 3 is 1.92 bits per heavy atom. The number of nitrogens with one attached hydrogen (secondary N) is 6. The predicted octanol–water partition coefficient (Wildman–Crippen LogP) is -2.18. The van der Waals surface area contributed by atoms with Crippen molar-refractivity contribution in [2.24, 2.45) is 5.92 Å². The Hall–Kier alpha value is -4.16. The van der Waals surface area contributed by atoms with Crippen LogP contribution < -0.4 is 31.9 Å². The molecule has 202 valence electrons. The van der Waals surface area contributed by atoms with Gasteiger partial charge in [-0.3, -0.25) is 28.8 Å². The average molecular weight is 519 g/mol. The first-order chi connectivity index (χ1) is 17.4. The molecule has 0 radical (unpaired) electrons. The maximum Gasteiger partial charge on any atom is 0.243 e. The molecule has 2 rings (SSSR count). The number of amides is 6. The van der Waals surface area contributed by atoms with E-state index in [1.54, 1.807) is 26.0 Å². The molecule has 6 amide bonds. The summed E-state index contributed by atoms with van der Waals surface area (Å²) in [4.78, 5) is 75.5. The van der Waals surface area contributed by atoms with Crippen molar-refractivity contribution in [2.45, 2.75) is 58.3 Å². The van der Waals surface area contributed by atoms with Gasteiger partial charge in [-0.2, -0.15) is 0 Å². The highest BCUT2D eigenvalue weighted by Gasteiger charge is 2.31. The van der Waals surface area contributed by atoms with E-state index in [2.05, 4.69) is 31.9 Å². The lowest BCUT2D eigenvalue weighted by atomic mass is 10.0. The Labute approximate surface area is 214 Å². The van der Waals surface area contributed by atoms with Gasteiger partial charge in [0.1, 0.15) is 29.9 Å². The minimum atomic E-state index is -1.12. The smallest absolute Gasteiger partial charge is 0.243 e. The van der Waals surface area contributed by atoms with Crippen LogP contribution in [0.4, 0.5) is 0 Å². The van der Waals surface area contributed by atoms with E-state index in [9.17, 15) is 33.9 Å². The summed E-state index contributed by atoms with van der Waals surface area (Å²) in [5, 5.41) is 24.4. The summed E-state index contributed by atoms with van der Waals surface area (Å²) in [6, 6.07) is 1.84. The Bertz CT molecular complexity index is 1030. The summed E-state index contributed by atoms with van der Waals surface area (Å²) in [5.74, 6) is -4.20. The van der Waals surface area contributed by atoms with Crippen LogP contribution in [0.5, 0.6) is 5.75 Å². The third kappa shape index (κ3) is 9.09. The second-order valence-corrected chi connectivity index (χ2v) is 9.18. The molecule has 37 heavy (non-hydrogen) atoms. The van der Waals surface area contributed by atoms with E-state index in [0.29, 0.717) is 5.56 Å². The molecule has 7 N–H and O–H groups in total. The molecule has 13 heteroatoms. The maximum absolute atomic E-state index is 13.2. The zero-order chi connectivity index (χ0) is 27.7. The van der Waals surface area contributed by atoms with Gasteiger partial charge in [0, 0.05) is 6.42 Å². The van der Waals surface area contributed by atoms with E-state index >= 15 is 0 Å². The monoisotopic (exact) mass is 518 g/mol. The third-order valence-electron chi connectivity index (χ3n) is 5.65. The molecule has 1 aliphatic heterocycles. The Kier molecular flexibility index (Phi) is 10.4. The molecule has 1 aliphatic rings. The Morgan fingerprint density at radius 1 is 0.730 bits per heavy atom. The zero-order valence-electron chi connectivity index (χ0n) is 21.2. The van der Waals surface area contributed by atoms with Gasteiger partial charge in [-0.15, -0.1) is 0 Å². The summed E-state index contributed by atoms with van der Waals surface area (Å²) in [6.45, 7) is 5.35. The van der Waals surface area contributed by atoms with Crippen LogP contribution in [0.2, 0.25) is 0 Å². The minimum absolute atomic E-state index is 0.0286. The standard InChI is InChI=1S/C24H34N6O7/c1-12(2)20-24(37)29-17(9-15-5-7-16(31)8-6-15)23(36)26-10-18(32)25-11-19(33)27-13(3)21(34)28-14(4)22(35)30-20/h5-8,12-14,17,20,31H,9-11H2,1-4H3,(H,25,32)(H,26,36)(H,27,33)(H,28,34)(H,29,37)(H,30,35)/t13-,14+,17-,20+/m0/s1. The fraction of sp³-hybridized carbons (Fsp3) is 0.500. The van der Waals surface area contributed by atoms with Crippen molar-refractivity contribution >= 4 is 35.4 Å². The number of carbonyl (C=O) groups is 6. The number of hydrogen-bond donors (Lipinski definition) is 7. The highest BCUT2D eigenvalue weighted by atomic mass is 16.3. The van der Waals surface area contributed by atoms with E-state index in [-0.39, 0.29) is 18.1 Å². The first-order valence-electron chi connectivity index (χ1n) is 11.9. The second kappa shape index (κ2) is 13.2. The maximum atomic E-state index is 13.2. The van der Waals surface area contributed by atoms with Crippen LogP contribution in [-0.4, -0.2) is 77.8 Å². The highest BCUT2D eigenvalue weighted by molar-refractivity contribution is 5.96. The Balaban J connectivity index is 2.31. The van der Waals surface area contributed by atoms with Crippen molar-refractivity contribution in [3.63, 3.8) is 0 Å². The molecular formula is C24H34N6O7. The number of hydrogen-bond acceptors (Lipinski definition) is 7. The van der Waals surface area contributed by atoms with Crippen LogP contribution in [0.25, 0.3) is 0 Å². The van der Waals surface area contributed by atoms with E-state index in [0.717, 1.165) is 0 Å². The van der Waals surface area contributed by atoms with Crippen molar-refractivity contribution in [3.8, 4) is 5.75 Å². The number of aromatic hydroxyl groups is 1. The molecule has 0 unspecified atom stereocenters. The highest BCUT2D eigenvalue weighted by Crippen LogP contribution is 2.12. The normalized spacial score (nSPS) is 25.0. The van der Waals surface area contributed by atoms with Gasteiger partial charge in [0.15, 0.2) is 0 Å². The molecule has 0 saturated carbocycles. The van der Waals surface area contributed by atoms with Crippen LogP contribution >= 0.6 is 0 Å². The summed E-state index contributed by atoms with van der Waals surface area (Å²) in [5.41, 5.74) is 0.622. The molecule has 13 nitrogen and oxygen atoms in total. The second-order valence-electron chi connectivity index (χ2n) is 9.18. The molecule has 0 bridgehead atoms. The number of phenols is 1.